The summed E-state index contributed by atoms with van der Waals surface area (Å²) in [5, 5.41) is 9.28. The summed E-state index contributed by atoms with van der Waals surface area (Å²) in [6.07, 6.45) is 1.70. The fourth-order valence-electron chi connectivity index (χ4n) is 1.84. The number of amides is 1. The topological polar surface area (TPSA) is 62.7 Å². The van der Waals surface area contributed by atoms with E-state index in [1.165, 1.54) is 0 Å². The van der Waals surface area contributed by atoms with Crippen molar-refractivity contribution in [1.82, 2.24) is 9.88 Å². The molecule has 92 valence electrons. The molecule has 0 bridgehead atoms. The van der Waals surface area contributed by atoms with E-state index in [0.717, 1.165) is 5.69 Å². The van der Waals surface area contributed by atoms with Crippen molar-refractivity contribution in [2.75, 3.05) is 26.9 Å². The van der Waals surface area contributed by atoms with Gasteiger partial charge in [0.1, 0.15) is 5.41 Å². The van der Waals surface area contributed by atoms with E-state index in [9.17, 15) is 9.90 Å². The Morgan fingerprint density at radius 3 is 2.82 bits per heavy atom. The average molecular weight is 236 g/mol. The van der Waals surface area contributed by atoms with Crippen LogP contribution in [-0.4, -0.2) is 47.8 Å². The van der Waals surface area contributed by atoms with Crippen molar-refractivity contribution in [1.29, 1.82) is 0 Å². The number of aromatic nitrogens is 1. The molecule has 2 rings (SSSR count). The third-order valence-electron chi connectivity index (χ3n) is 2.99. The molecule has 5 nitrogen and oxygen atoms in total. The minimum atomic E-state index is -0.733. The molecule has 1 aliphatic rings. The van der Waals surface area contributed by atoms with Crippen LogP contribution in [0.15, 0.2) is 24.4 Å². The summed E-state index contributed by atoms with van der Waals surface area (Å²) in [6, 6.07) is 5.59. The first-order chi connectivity index (χ1) is 8.18. The van der Waals surface area contributed by atoms with Crippen LogP contribution in [0.2, 0.25) is 0 Å². The van der Waals surface area contributed by atoms with Crippen LogP contribution >= 0.6 is 0 Å². The van der Waals surface area contributed by atoms with Gasteiger partial charge in [0, 0.05) is 13.2 Å². The molecule has 1 aromatic rings. The maximum absolute atomic E-state index is 12.1. The Bertz CT molecular complexity index is 384. The molecule has 0 atom stereocenters. The van der Waals surface area contributed by atoms with E-state index in [1.54, 1.807) is 18.1 Å². The van der Waals surface area contributed by atoms with Crippen LogP contribution in [0.5, 0.6) is 0 Å². The number of aliphatic hydroxyl groups is 1. The van der Waals surface area contributed by atoms with Crippen molar-refractivity contribution in [3.05, 3.63) is 30.1 Å². The molecule has 2 heterocycles. The van der Waals surface area contributed by atoms with Gasteiger partial charge in [0.05, 0.1) is 32.1 Å². The first kappa shape index (κ1) is 12.0. The van der Waals surface area contributed by atoms with E-state index in [1.807, 2.05) is 18.2 Å². The molecular formula is C12H16N2O3. The van der Waals surface area contributed by atoms with Crippen LogP contribution in [0.25, 0.3) is 0 Å². The number of ether oxygens (including phenoxy) is 1. The van der Waals surface area contributed by atoms with Crippen LogP contribution in [0, 0.1) is 5.41 Å². The maximum atomic E-state index is 12.1. The van der Waals surface area contributed by atoms with Gasteiger partial charge < -0.3 is 14.7 Å². The third kappa shape index (κ3) is 2.30. The summed E-state index contributed by atoms with van der Waals surface area (Å²) in [5.41, 5.74) is 0.0977. The van der Waals surface area contributed by atoms with Crippen LogP contribution < -0.4 is 0 Å². The van der Waals surface area contributed by atoms with E-state index in [-0.39, 0.29) is 12.5 Å². The van der Waals surface area contributed by atoms with E-state index >= 15 is 0 Å². The zero-order valence-corrected chi connectivity index (χ0v) is 9.80. The van der Waals surface area contributed by atoms with Gasteiger partial charge in [-0.3, -0.25) is 9.78 Å². The van der Waals surface area contributed by atoms with Crippen molar-refractivity contribution >= 4 is 5.91 Å². The molecule has 1 amide bonds. The molecule has 17 heavy (non-hydrogen) atoms. The molecule has 1 N–H and O–H groups in total. The average Bonchev–Trinajstić information content (AvgIpc) is 2.29. The Morgan fingerprint density at radius 2 is 2.35 bits per heavy atom. The van der Waals surface area contributed by atoms with Gasteiger partial charge >= 0.3 is 0 Å². The number of carbonyl (C=O) groups is 1. The molecule has 1 aliphatic heterocycles. The highest BCUT2D eigenvalue weighted by Crippen LogP contribution is 2.29. The van der Waals surface area contributed by atoms with E-state index in [0.29, 0.717) is 19.8 Å². The summed E-state index contributed by atoms with van der Waals surface area (Å²) < 4.78 is 5.03. The Balaban J connectivity index is 2.00. The highest BCUT2D eigenvalue weighted by atomic mass is 16.5. The van der Waals surface area contributed by atoms with E-state index < -0.39 is 5.41 Å². The Hall–Kier alpha value is -1.46. The second-order valence-corrected chi connectivity index (χ2v) is 4.41. The van der Waals surface area contributed by atoms with Crippen molar-refractivity contribution < 1.29 is 14.6 Å². The van der Waals surface area contributed by atoms with Gasteiger partial charge in [-0.25, -0.2) is 0 Å². The van der Waals surface area contributed by atoms with Crippen molar-refractivity contribution in [3.63, 3.8) is 0 Å². The quantitative estimate of drug-likeness (QED) is 0.802. The van der Waals surface area contributed by atoms with Crippen LogP contribution in [0.1, 0.15) is 5.69 Å². The zero-order valence-electron chi connectivity index (χ0n) is 9.80. The molecule has 0 aromatic carbocycles. The predicted molar refractivity (Wildman–Crippen MR) is 61.0 cm³/mol. The summed E-state index contributed by atoms with van der Waals surface area (Å²) in [5.74, 6) is -0.0862. The Kier molecular flexibility index (Phi) is 3.40. The predicted octanol–water partition coefficient (Wildman–Crippen LogP) is 0.0489. The third-order valence-corrected chi connectivity index (χ3v) is 2.99. The lowest BCUT2D eigenvalue weighted by Crippen LogP contribution is -2.56. The Morgan fingerprint density at radius 1 is 1.59 bits per heavy atom. The van der Waals surface area contributed by atoms with Gasteiger partial charge in [-0.15, -0.1) is 0 Å². The highest BCUT2D eigenvalue weighted by molar-refractivity contribution is 5.83. The number of rotatable bonds is 4. The first-order valence-electron chi connectivity index (χ1n) is 5.52. The lowest BCUT2D eigenvalue weighted by Gasteiger charge is -2.40. The molecule has 1 aromatic heterocycles. The largest absolute Gasteiger partial charge is 0.395 e. The van der Waals surface area contributed by atoms with Crippen molar-refractivity contribution in [2.24, 2.45) is 5.41 Å². The molecular weight excluding hydrogens is 220 g/mol. The van der Waals surface area contributed by atoms with Crippen LogP contribution in [0.4, 0.5) is 0 Å². The zero-order chi connectivity index (χ0) is 12.3. The van der Waals surface area contributed by atoms with Gasteiger partial charge in [0.2, 0.25) is 5.91 Å². The number of aliphatic hydroxyl groups excluding tert-OH is 1. The fraction of sp³-hybridized carbons (Fsp3) is 0.500. The smallest absolute Gasteiger partial charge is 0.235 e. The summed E-state index contributed by atoms with van der Waals surface area (Å²) in [6.45, 7) is 0.879. The minimum Gasteiger partial charge on any atom is -0.395 e. The maximum Gasteiger partial charge on any atom is 0.235 e. The van der Waals surface area contributed by atoms with Gasteiger partial charge in [-0.05, 0) is 12.1 Å². The van der Waals surface area contributed by atoms with Crippen LogP contribution in [-0.2, 0) is 16.1 Å². The van der Waals surface area contributed by atoms with Gasteiger partial charge in [-0.1, -0.05) is 6.07 Å². The van der Waals surface area contributed by atoms with Crippen LogP contribution in [0.3, 0.4) is 0 Å². The molecule has 0 saturated carbocycles. The summed E-state index contributed by atoms with van der Waals surface area (Å²) >= 11 is 0. The van der Waals surface area contributed by atoms with Gasteiger partial charge in [0.25, 0.3) is 0 Å². The van der Waals surface area contributed by atoms with E-state index in [2.05, 4.69) is 4.98 Å². The molecule has 0 radical (unpaired) electrons. The molecule has 1 fully saturated rings. The standard InChI is InChI=1S/C12H16N2O3/c1-14(6-10-4-2-3-5-13-10)11(16)12(7-15)8-17-9-12/h2-5,15H,6-9H2,1H3. The van der Waals surface area contributed by atoms with E-state index in [4.69, 9.17) is 4.74 Å². The number of carbonyl (C=O) groups excluding carboxylic acids is 1. The summed E-state index contributed by atoms with van der Waals surface area (Å²) in [4.78, 5) is 17.9. The number of pyridine rings is 1. The SMILES string of the molecule is CN(Cc1ccccn1)C(=O)C1(CO)COC1. The number of hydrogen-bond donors (Lipinski definition) is 1. The number of nitrogens with zero attached hydrogens (tertiary/aromatic N) is 2. The lowest BCUT2D eigenvalue weighted by atomic mass is 9.85. The minimum absolute atomic E-state index is 0.0862. The van der Waals surface area contributed by atoms with Crippen molar-refractivity contribution in [2.45, 2.75) is 6.54 Å². The second kappa shape index (κ2) is 4.81. The molecule has 0 aliphatic carbocycles. The van der Waals surface area contributed by atoms with Crippen molar-refractivity contribution in [3.8, 4) is 0 Å². The normalized spacial score (nSPS) is 17.3. The first-order valence-corrected chi connectivity index (χ1v) is 5.52. The molecule has 1 saturated heterocycles. The Labute approximate surface area is 100 Å². The van der Waals surface area contributed by atoms with Gasteiger partial charge in [0.15, 0.2) is 0 Å². The molecule has 5 heteroatoms. The number of hydrogen-bond acceptors (Lipinski definition) is 4. The molecule has 0 unspecified atom stereocenters. The van der Waals surface area contributed by atoms with Gasteiger partial charge in [-0.2, -0.15) is 0 Å². The fourth-order valence-corrected chi connectivity index (χ4v) is 1.84. The summed E-state index contributed by atoms with van der Waals surface area (Å²) in [7, 11) is 1.72. The molecule has 0 spiro atoms. The lowest BCUT2D eigenvalue weighted by molar-refractivity contribution is -0.179. The highest BCUT2D eigenvalue weighted by Gasteiger charge is 2.46. The monoisotopic (exact) mass is 236 g/mol. The second-order valence-electron chi connectivity index (χ2n) is 4.41.